The molecule has 0 aromatic carbocycles. The summed E-state index contributed by atoms with van der Waals surface area (Å²) in [6.45, 7) is 0. The normalized spacial score (nSPS) is 15.5. The lowest BCUT2D eigenvalue weighted by atomic mass is 9.97. The molecule has 0 amide bonds. The van der Waals surface area contributed by atoms with Crippen molar-refractivity contribution in [1.82, 2.24) is 9.97 Å². The standard InChI is InChI=1S/C10H9ClN2OS/c11-10-12-8(14)7-5-3-1-2-4-6(5)15-9(7)13-10/h1-4H2,(H,12,13,14). The molecular formula is C10H9ClN2OS. The van der Waals surface area contributed by atoms with Gasteiger partial charge in [0.1, 0.15) is 4.83 Å². The minimum Gasteiger partial charge on any atom is -0.297 e. The number of hydrogen-bond acceptors (Lipinski definition) is 3. The van der Waals surface area contributed by atoms with E-state index in [2.05, 4.69) is 9.97 Å². The molecule has 0 radical (unpaired) electrons. The summed E-state index contributed by atoms with van der Waals surface area (Å²) in [6, 6.07) is 0. The van der Waals surface area contributed by atoms with Crippen LogP contribution in [0.5, 0.6) is 0 Å². The van der Waals surface area contributed by atoms with Crippen molar-refractivity contribution in [3.05, 3.63) is 26.1 Å². The summed E-state index contributed by atoms with van der Waals surface area (Å²) in [5.74, 6) is 0. The van der Waals surface area contributed by atoms with E-state index in [9.17, 15) is 4.79 Å². The average Bonchev–Trinajstić information content (AvgIpc) is 2.54. The highest BCUT2D eigenvalue weighted by atomic mass is 35.5. The Kier molecular flexibility index (Phi) is 2.07. The van der Waals surface area contributed by atoms with Crippen molar-refractivity contribution in [3.8, 4) is 0 Å². The Morgan fingerprint density at radius 3 is 3.00 bits per heavy atom. The summed E-state index contributed by atoms with van der Waals surface area (Å²) < 4.78 is 0. The highest BCUT2D eigenvalue weighted by molar-refractivity contribution is 7.18. The third kappa shape index (κ3) is 1.40. The minimum atomic E-state index is -0.0931. The van der Waals surface area contributed by atoms with Crippen LogP contribution in [0.25, 0.3) is 10.2 Å². The summed E-state index contributed by atoms with van der Waals surface area (Å²) in [5, 5.41) is 0.949. The smallest absolute Gasteiger partial charge is 0.260 e. The molecule has 0 saturated heterocycles. The summed E-state index contributed by atoms with van der Waals surface area (Å²) in [6.07, 6.45) is 4.46. The Bertz CT molecular complexity index is 587. The Hall–Kier alpha value is -0.870. The molecule has 2 aromatic heterocycles. The molecule has 0 saturated carbocycles. The third-order valence-corrected chi connectivity index (χ3v) is 4.16. The van der Waals surface area contributed by atoms with Crippen molar-refractivity contribution >= 4 is 33.2 Å². The van der Waals surface area contributed by atoms with Gasteiger partial charge in [-0.25, -0.2) is 4.98 Å². The van der Waals surface area contributed by atoms with E-state index in [-0.39, 0.29) is 10.8 Å². The highest BCUT2D eigenvalue weighted by Crippen LogP contribution is 2.33. The van der Waals surface area contributed by atoms with Crippen LogP contribution in [0.3, 0.4) is 0 Å². The van der Waals surface area contributed by atoms with Gasteiger partial charge in [-0.05, 0) is 42.8 Å². The molecule has 15 heavy (non-hydrogen) atoms. The topological polar surface area (TPSA) is 45.8 Å². The number of nitrogens with zero attached hydrogens (tertiary/aromatic N) is 1. The van der Waals surface area contributed by atoms with Crippen LogP contribution in [0.1, 0.15) is 23.3 Å². The Balaban J connectivity index is 2.42. The van der Waals surface area contributed by atoms with Crippen molar-refractivity contribution in [2.75, 3.05) is 0 Å². The van der Waals surface area contributed by atoms with E-state index in [0.29, 0.717) is 0 Å². The summed E-state index contributed by atoms with van der Waals surface area (Å²) in [4.78, 5) is 20.6. The zero-order valence-corrected chi connectivity index (χ0v) is 9.54. The van der Waals surface area contributed by atoms with Crippen LogP contribution in [0, 0.1) is 0 Å². The van der Waals surface area contributed by atoms with Gasteiger partial charge in [0, 0.05) is 4.88 Å². The first kappa shape index (κ1) is 9.36. The Morgan fingerprint density at radius 1 is 1.33 bits per heavy atom. The fourth-order valence-corrected chi connectivity index (χ4v) is 3.62. The van der Waals surface area contributed by atoms with Gasteiger partial charge < -0.3 is 0 Å². The number of rotatable bonds is 0. The van der Waals surface area contributed by atoms with Crippen LogP contribution in [0.15, 0.2) is 4.79 Å². The fourth-order valence-electron chi connectivity index (χ4n) is 2.14. The summed E-state index contributed by atoms with van der Waals surface area (Å²) in [5.41, 5.74) is 1.11. The lowest BCUT2D eigenvalue weighted by Gasteiger charge is -2.09. The predicted octanol–water partition coefficient (Wildman–Crippen LogP) is 2.52. The van der Waals surface area contributed by atoms with Gasteiger partial charge in [-0.1, -0.05) is 0 Å². The molecular weight excluding hydrogens is 232 g/mol. The first-order valence-corrected chi connectivity index (χ1v) is 6.15. The largest absolute Gasteiger partial charge is 0.297 e. The molecule has 0 unspecified atom stereocenters. The maximum Gasteiger partial charge on any atom is 0.260 e. The number of aromatic amines is 1. The molecule has 1 aliphatic carbocycles. The van der Waals surface area contributed by atoms with Crippen molar-refractivity contribution in [2.45, 2.75) is 25.7 Å². The average molecular weight is 241 g/mol. The van der Waals surface area contributed by atoms with E-state index in [0.717, 1.165) is 23.1 Å². The van der Waals surface area contributed by atoms with Crippen molar-refractivity contribution in [2.24, 2.45) is 0 Å². The molecule has 78 valence electrons. The van der Waals surface area contributed by atoms with E-state index < -0.39 is 0 Å². The summed E-state index contributed by atoms with van der Waals surface area (Å²) in [7, 11) is 0. The van der Waals surface area contributed by atoms with Gasteiger partial charge in [-0.3, -0.25) is 9.78 Å². The van der Waals surface area contributed by atoms with Crippen LogP contribution < -0.4 is 5.56 Å². The number of hydrogen-bond donors (Lipinski definition) is 1. The molecule has 0 bridgehead atoms. The number of fused-ring (bicyclic) bond motifs is 3. The van der Waals surface area contributed by atoms with Gasteiger partial charge in [0.2, 0.25) is 5.28 Å². The molecule has 0 aliphatic heterocycles. The first-order chi connectivity index (χ1) is 7.25. The highest BCUT2D eigenvalue weighted by Gasteiger charge is 2.19. The van der Waals surface area contributed by atoms with Gasteiger partial charge in [-0.15, -0.1) is 11.3 Å². The Labute approximate surface area is 95.1 Å². The quantitative estimate of drug-likeness (QED) is 0.720. The van der Waals surface area contributed by atoms with Gasteiger partial charge in [0.15, 0.2) is 0 Å². The molecule has 1 aliphatic rings. The fraction of sp³-hybridized carbons (Fsp3) is 0.400. The first-order valence-electron chi connectivity index (χ1n) is 4.96. The number of aromatic nitrogens is 2. The number of H-pyrrole nitrogens is 1. The molecule has 3 rings (SSSR count). The van der Waals surface area contributed by atoms with Crippen LogP contribution >= 0.6 is 22.9 Å². The van der Waals surface area contributed by atoms with Crippen molar-refractivity contribution in [1.29, 1.82) is 0 Å². The number of nitrogens with one attached hydrogen (secondary N) is 1. The number of aryl methyl sites for hydroxylation is 2. The number of halogens is 1. The maximum absolute atomic E-state index is 11.8. The lowest BCUT2D eigenvalue weighted by molar-refractivity contribution is 0.700. The molecule has 2 aromatic rings. The molecule has 5 heteroatoms. The van der Waals surface area contributed by atoms with Gasteiger partial charge in [0.05, 0.1) is 5.39 Å². The van der Waals surface area contributed by atoms with Gasteiger partial charge >= 0.3 is 0 Å². The second-order valence-corrected chi connectivity index (χ2v) is 5.19. The minimum absolute atomic E-state index is 0.0931. The maximum atomic E-state index is 11.8. The van der Waals surface area contributed by atoms with Crippen molar-refractivity contribution in [3.63, 3.8) is 0 Å². The lowest BCUT2D eigenvalue weighted by Crippen LogP contribution is -2.09. The monoisotopic (exact) mass is 240 g/mol. The van der Waals surface area contributed by atoms with E-state index >= 15 is 0 Å². The van der Waals surface area contributed by atoms with E-state index in [1.165, 1.54) is 23.3 Å². The van der Waals surface area contributed by atoms with Crippen LogP contribution in [-0.4, -0.2) is 9.97 Å². The van der Waals surface area contributed by atoms with Crippen LogP contribution in [-0.2, 0) is 12.8 Å². The second-order valence-electron chi connectivity index (χ2n) is 3.75. The zero-order chi connectivity index (χ0) is 10.4. The number of thiophene rings is 1. The summed E-state index contributed by atoms with van der Waals surface area (Å²) >= 11 is 7.34. The van der Waals surface area contributed by atoms with Crippen LogP contribution in [0.2, 0.25) is 5.28 Å². The Morgan fingerprint density at radius 2 is 2.13 bits per heavy atom. The molecule has 0 spiro atoms. The second kappa shape index (κ2) is 3.32. The van der Waals surface area contributed by atoms with Crippen molar-refractivity contribution < 1.29 is 0 Å². The molecule has 1 N–H and O–H groups in total. The van der Waals surface area contributed by atoms with Gasteiger partial charge in [-0.2, -0.15) is 0 Å². The van der Waals surface area contributed by atoms with E-state index in [1.54, 1.807) is 11.3 Å². The SMILES string of the molecule is O=c1[nH]c(Cl)nc2sc3c(c12)CCCC3. The van der Waals surface area contributed by atoms with E-state index in [1.807, 2.05) is 0 Å². The van der Waals surface area contributed by atoms with Gasteiger partial charge in [0.25, 0.3) is 5.56 Å². The van der Waals surface area contributed by atoms with Crippen LogP contribution in [0.4, 0.5) is 0 Å². The molecule has 0 fully saturated rings. The molecule has 0 atom stereocenters. The zero-order valence-electron chi connectivity index (χ0n) is 7.97. The third-order valence-electron chi connectivity index (χ3n) is 2.80. The van der Waals surface area contributed by atoms with E-state index in [4.69, 9.17) is 11.6 Å². The molecule has 2 heterocycles. The predicted molar refractivity (Wildman–Crippen MR) is 61.9 cm³/mol. The molecule has 3 nitrogen and oxygen atoms in total.